The topological polar surface area (TPSA) is 3.24 Å². The molecule has 2 heterocycles. The van der Waals surface area contributed by atoms with Gasteiger partial charge in [-0.1, -0.05) is 41.2 Å². The molecule has 0 spiro atoms. The molecule has 1 nitrogen and oxygen atoms in total. The first kappa shape index (κ1) is 11.5. The van der Waals surface area contributed by atoms with E-state index in [4.69, 9.17) is 0 Å². The predicted octanol–water partition coefficient (Wildman–Crippen LogP) is 3.24. The van der Waals surface area contributed by atoms with Crippen LogP contribution in [0, 0.1) is 0 Å². The van der Waals surface area contributed by atoms with E-state index in [9.17, 15) is 0 Å². The van der Waals surface area contributed by atoms with Crippen LogP contribution in [0.25, 0.3) is 0 Å². The average molecular weight is 293 g/mol. The summed E-state index contributed by atoms with van der Waals surface area (Å²) in [6.45, 7) is 6.80. The first-order valence-corrected chi connectivity index (χ1v) is 7.33. The maximum absolute atomic E-state index is 4.16. The molecule has 2 aliphatic heterocycles. The third-order valence-corrected chi connectivity index (χ3v) is 3.03. The molecular weight excluding hydrogens is 273 g/mol. The van der Waals surface area contributed by atoms with Crippen LogP contribution in [0.5, 0.6) is 0 Å². The second-order valence-electron chi connectivity index (χ2n) is 3.81. The Bertz CT molecular complexity index is 165. The SMILES string of the molecule is C=C1CCCN2CCCCC12.CI. The second kappa shape index (κ2) is 6.02. The fourth-order valence-electron chi connectivity index (χ4n) is 2.40. The van der Waals surface area contributed by atoms with E-state index < -0.39 is 0 Å². The molecule has 2 rings (SSSR count). The van der Waals surface area contributed by atoms with Gasteiger partial charge in [-0.2, -0.15) is 0 Å². The van der Waals surface area contributed by atoms with Gasteiger partial charge in [-0.3, -0.25) is 4.90 Å². The Kier molecular flexibility index (Phi) is 5.32. The molecule has 0 saturated carbocycles. The Morgan fingerprint density at radius 2 is 1.92 bits per heavy atom. The number of piperidine rings is 2. The predicted molar refractivity (Wildman–Crippen MR) is 67.5 cm³/mol. The van der Waals surface area contributed by atoms with Gasteiger partial charge in [0.2, 0.25) is 0 Å². The largest absolute Gasteiger partial charge is 0.297 e. The summed E-state index contributed by atoms with van der Waals surface area (Å²) in [5.74, 6) is 0. The van der Waals surface area contributed by atoms with Gasteiger partial charge in [-0.05, 0) is 43.7 Å². The van der Waals surface area contributed by atoms with Crippen molar-refractivity contribution in [3.63, 3.8) is 0 Å². The van der Waals surface area contributed by atoms with E-state index in [1.807, 2.05) is 4.93 Å². The van der Waals surface area contributed by atoms with Gasteiger partial charge >= 0.3 is 0 Å². The molecule has 0 amide bonds. The normalized spacial score (nSPS) is 28.8. The first-order chi connectivity index (χ1) is 6.38. The van der Waals surface area contributed by atoms with Crippen molar-refractivity contribution in [1.82, 2.24) is 4.90 Å². The van der Waals surface area contributed by atoms with Gasteiger partial charge in [0.05, 0.1) is 0 Å². The summed E-state index contributed by atoms with van der Waals surface area (Å²) in [4.78, 5) is 4.59. The molecule has 0 N–H and O–H groups in total. The van der Waals surface area contributed by atoms with Crippen LogP contribution in [0.4, 0.5) is 0 Å². The lowest BCUT2D eigenvalue weighted by atomic mass is 9.90. The molecule has 0 aromatic rings. The number of rotatable bonds is 0. The smallest absolute Gasteiger partial charge is 0.0304 e. The van der Waals surface area contributed by atoms with E-state index in [0.29, 0.717) is 0 Å². The van der Waals surface area contributed by atoms with Crippen LogP contribution < -0.4 is 0 Å². The summed E-state index contributed by atoms with van der Waals surface area (Å²) in [5, 5.41) is 0. The highest BCUT2D eigenvalue weighted by atomic mass is 127. The number of hydrogen-bond acceptors (Lipinski definition) is 1. The van der Waals surface area contributed by atoms with Crippen molar-refractivity contribution >= 4 is 22.6 Å². The van der Waals surface area contributed by atoms with Gasteiger partial charge in [-0.25, -0.2) is 0 Å². The molecular formula is C11H20IN. The Hall–Kier alpha value is 0.430. The minimum Gasteiger partial charge on any atom is -0.297 e. The third kappa shape index (κ3) is 2.94. The van der Waals surface area contributed by atoms with Gasteiger partial charge in [0.1, 0.15) is 0 Å². The molecule has 0 aromatic carbocycles. The number of fused-ring (bicyclic) bond motifs is 1. The van der Waals surface area contributed by atoms with Gasteiger partial charge < -0.3 is 0 Å². The van der Waals surface area contributed by atoms with Gasteiger partial charge in [0, 0.05) is 6.04 Å². The Labute approximate surface area is 95.7 Å². The van der Waals surface area contributed by atoms with Gasteiger partial charge in [0.15, 0.2) is 0 Å². The fourth-order valence-corrected chi connectivity index (χ4v) is 2.40. The van der Waals surface area contributed by atoms with Crippen LogP contribution in [0.3, 0.4) is 0 Å². The van der Waals surface area contributed by atoms with Crippen molar-refractivity contribution in [2.75, 3.05) is 18.0 Å². The molecule has 2 saturated heterocycles. The first-order valence-electron chi connectivity index (χ1n) is 5.17. The van der Waals surface area contributed by atoms with Crippen LogP contribution in [-0.2, 0) is 0 Å². The van der Waals surface area contributed by atoms with Gasteiger partial charge in [0.25, 0.3) is 0 Å². The number of nitrogens with zero attached hydrogens (tertiary/aromatic N) is 1. The fraction of sp³-hybridized carbons (Fsp3) is 0.818. The summed E-state index contributed by atoms with van der Waals surface area (Å²) in [6.07, 6.45) is 6.82. The van der Waals surface area contributed by atoms with Crippen LogP contribution in [0.2, 0.25) is 0 Å². The Morgan fingerprint density at radius 1 is 1.23 bits per heavy atom. The van der Waals surface area contributed by atoms with Crippen molar-refractivity contribution in [1.29, 1.82) is 0 Å². The summed E-state index contributed by atoms with van der Waals surface area (Å²) in [6, 6.07) is 0.762. The molecule has 1 atom stereocenters. The van der Waals surface area contributed by atoms with Crippen molar-refractivity contribution in [2.24, 2.45) is 0 Å². The minimum atomic E-state index is 0.762. The molecule has 0 radical (unpaired) electrons. The zero-order valence-electron chi connectivity index (χ0n) is 8.56. The van der Waals surface area contributed by atoms with Crippen molar-refractivity contribution < 1.29 is 0 Å². The van der Waals surface area contributed by atoms with E-state index in [1.165, 1.54) is 50.8 Å². The molecule has 0 bridgehead atoms. The molecule has 2 fully saturated rings. The van der Waals surface area contributed by atoms with Crippen LogP contribution in [0.15, 0.2) is 12.2 Å². The molecule has 1 unspecified atom stereocenters. The zero-order valence-corrected chi connectivity index (χ0v) is 10.7. The van der Waals surface area contributed by atoms with E-state index in [0.717, 1.165) is 6.04 Å². The van der Waals surface area contributed by atoms with E-state index in [1.54, 1.807) is 0 Å². The quantitative estimate of drug-likeness (QED) is 0.376. The Balaban J connectivity index is 0.000000396. The molecule has 13 heavy (non-hydrogen) atoms. The third-order valence-electron chi connectivity index (χ3n) is 3.03. The summed E-state index contributed by atoms with van der Waals surface area (Å²) < 4.78 is 0. The molecule has 2 aliphatic rings. The van der Waals surface area contributed by atoms with Gasteiger partial charge in [-0.15, -0.1) is 0 Å². The lowest BCUT2D eigenvalue weighted by Crippen LogP contribution is -2.43. The molecule has 0 aromatic heterocycles. The monoisotopic (exact) mass is 293 g/mol. The highest BCUT2D eigenvalue weighted by Gasteiger charge is 2.26. The lowest BCUT2D eigenvalue weighted by molar-refractivity contribution is 0.148. The van der Waals surface area contributed by atoms with Crippen LogP contribution >= 0.6 is 22.6 Å². The molecule has 76 valence electrons. The Morgan fingerprint density at radius 3 is 2.62 bits per heavy atom. The number of alkyl halides is 1. The van der Waals surface area contributed by atoms with Crippen molar-refractivity contribution in [3.05, 3.63) is 12.2 Å². The summed E-state index contributed by atoms with van der Waals surface area (Å²) in [5.41, 5.74) is 1.50. The summed E-state index contributed by atoms with van der Waals surface area (Å²) >= 11 is 2.15. The number of hydrogen-bond donors (Lipinski definition) is 0. The lowest BCUT2D eigenvalue weighted by Gasteiger charge is -2.40. The van der Waals surface area contributed by atoms with Crippen molar-refractivity contribution in [2.45, 2.75) is 38.1 Å². The maximum atomic E-state index is 4.16. The van der Waals surface area contributed by atoms with Crippen LogP contribution in [0.1, 0.15) is 32.1 Å². The standard InChI is InChI=1S/C10H17N.CH3I/c1-9-5-4-8-11-7-3-2-6-10(9)11;1-2/h10H,1-8H2;1H3. The zero-order chi connectivity index (χ0) is 9.68. The average Bonchev–Trinajstić information content (AvgIpc) is 2.22. The minimum absolute atomic E-state index is 0.762. The van der Waals surface area contributed by atoms with Crippen molar-refractivity contribution in [3.8, 4) is 0 Å². The van der Waals surface area contributed by atoms with Crippen LogP contribution in [-0.4, -0.2) is 29.0 Å². The molecule has 0 aliphatic carbocycles. The van der Waals surface area contributed by atoms with E-state index in [2.05, 4.69) is 34.1 Å². The van der Waals surface area contributed by atoms with E-state index >= 15 is 0 Å². The summed E-state index contributed by atoms with van der Waals surface area (Å²) in [7, 11) is 0. The number of halogens is 1. The van der Waals surface area contributed by atoms with E-state index in [-0.39, 0.29) is 0 Å². The molecule has 2 heteroatoms. The highest BCUT2D eigenvalue weighted by molar-refractivity contribution is 14.1. The second-order valence-corrected chi connectivity index (χ2v) is 3.81. The maximum Gasteiger partial charge on any atom is 0.0304 e. The highest BCUT2D eigenvalue weighted by Crippen LogP contribution is 2.28.